The molecule has 0 aliphatic rings. The van der Waals surface area contributed by atoms with Gasteiger partial charge in [-0.15, -0.1) is 0 Å². The maximum atomic E-state index is 5.58. The predicted molar refractivity (Wildman–Crippen MR) is 72.3 cm³/mol. The number of ether oxygens (including phenoxy) is 1. The fourth-order valence-corrected chi connectivity index (χ4v) is 1.85. The number of benzene rings is 1. The summed E-state index contributed by atoms with van der Waals surface area (Å²) in [6, 6.07) is 6.78. The molecule has 0 aliphatic heterocycles. The quantitative estimate of drug-likeness (QED) is 0.842. The first-order valence-electron chi connectivity index (χ1n) is 5.28. The second kappa shape index (κ2) is 6.33. The van der Waals surface area contributed by atoms with Gasteiger partial charge < -0.3 is 10.1 Å². The minimum atomic E-state index is 0.498. The molecule has 84 valence electrons. The SMILES string of the molecule is CCOc1ccc(I)cc1CNC(C)C. The fourth-order valence-electron chi connectivity index (χ4n) is 1.30. The van der Waals surface area contributed by atoms with Crippen molar-refractivity contribution in [1.82, 2.24) is 5.32 Å². The molecule has 1 rings (SSSR count). The molecule has 0 radical (unpaired) electrons. The average molecular weight is 319 g/mol. The van der Waals surface area contributed by atoms with Crippen molar-refractivity contribution in [3.63, 3.8) is 0 Å². The molecule has 15 heavy (non-hydrogen) atoms. The molecule has 0 amide bonds. The molecule has 0 unspecified atom stereocenters. The first-order chi connectivity index (χ1) is 7.13. The summed E-state index contributed by atoms with van der Waals surface area (Å²) in [4.78, 5) is 0. The highest BCUT2D eigenvalue weighted by Crippen LogP contribution is 2.21. The van der Waals surface area contributed by atoms with Crippen molar-refractivity contribution in [2.24, 2.45) is 0 Å². The van der Waals surface area contributed by atoms with Gasteiger partial charge in [-0.2, -0.15) is 0 Å². The Balaban J connectivity index is 2.77. The van der Waals surface area contributed by atoms with Crippen LogP contribution in [0, 0.1) is 3.57 Å². The van der Waals surface area contributed by atoms with Crippen LogP contribution in [0.3, 0.4) is 0 Å². The van der Waals surface area contributed by atoms with E-state index < -0.39 is 0 Å². The Morgan fingerprint density at radius 1 is 1.40 bits per heavy atom. The number of rotatable bonds is 5. The smallest absolute Gasteiger partial charge is 0.123 e. The van der Waals surface area contributed by atoms with Crippen LogP contribution in [-0.2, 0) is 6.54 Å². The molecular formula is C12H18INO. The number of halogens is 1. The minimum Gasteiger partial charge on any atom is -0.494 e. The Labute approximate surface area is 106 Å². The molecular weight excluding hydrogens is 301 g/mol. The third-order valence-corrected chi connectivity index (χ3v) is 2.69. The second-order valence-corrected chi connectivity index (χ2v) is 4.97. The van der Waals surface area contributed by atoms with Crippen LogP contribution in [0.5, 0.6) is 5.75 Å². The fraction of sp³-hybridized carbons (Fsp3) is 0.500. The molecule has 0 aliphatic carbocycles. The van der Waals surface area contributed by atoms with E-state index in [1.165, 1.54) is 9.13 Å². The van der Waals surface area contributed by atoms with Crippen LogP contribution in [-0.4, -0.2) is 12.6 Å². The summed E-state index contributed by atoms with van der Waals surface area (Å²) in [6.45, 7) is 7.89. The highest BCUT2D eigenvalue weighted by molar-refractivity contribution is 14.1. The molecule has 1 N–H and O–H groups in total. The van der Waals surface area contributed by atoms with Crippen molar-refractivity contribution in [1.29, 1.82) is 0 Å². The summed E-state index contributed by atoms with van der Waals surface area (Å²) in [5.74, 6) is 0.992. The lowest BCUT2D eigenvalue weighted by Crippen LogP contribution is -2.22. The van der Waals surface area contributed by atoms with Crippen molar-refractivity contribution >= 4 is 22.6 Å². The zero-order valence-electron chi connectivity index (χ0n) is 9.51. The van der Waals surface area contributed by atoms with E-state index in [0.29, 0.717) is 6.04 Å². The van der Waals surface area contributed by atoms with E-state index in [0.717, 1.165) is 18.9 Å². The zero-order valence-corrected chi connectivity index (χ0v) is 11.7. The van der Waals surface area contributed by atoms with Gasteiger partial charge >= 0.3 is 0 Å². The predicted octanol–water partition coefficient (Wildman–Crippen LogP) is 3.19. The standard InChI is InChI=1S/C12H18INO/c1-4-15-12-6-5-11(13)7-10(12)8-14-9(2)3/h5-7,9,14H,4,8H2,1-3H3. The molecule has 1 aromatic carbocycles. The van der Waals surface area contributed by atoms with Gasteiger partial charge in [0.15, 0.2) is 0 Å². The number of hydrogen-bond acceptors (Lipinski definition) is 2. The van der Waals surface area contributed by atoms with E-state index in [1.807, 2.05) is 13.0 Å². The van der Waals surface area contributed by atoms with Gasteiger partial charge in [0.2, 0.25) is 0 Å². The van der Waals surface area contributed by atoms with E-state index >= 15 is 0 Å². The molecule has 0 bridgehead atoms. The Morgan fingerprint density at radius 2 is 2.13 bits per heavy atom. The van der Waals surface area contributed by atoms with Crippen molar-refractivity contribution in [2.75, 3.05) is 6.61 Å². The molecule has 1 aromatic rings. The van der Waals surface area contributed by atoms with Gasteiger partial charge in [-0.25, -0.2) is 0 Å². The van der Waals surface area contributed by atoms with Crippen LogP contribution in [0.1, 0.15) is 26.3 Å². The molecule has 2 nitrogen and oxygen atoms in total. The average Bonchev–Trinajstić information content (AvgIpc) is 2.18. The highest BCUT2D eigenvalue weighted by Gasteiger charge is 2.04. The number of nitrogens with one attached hydrogen (secondary N) is 1. The molecule has 0 aromatic heterocycles. The lowest BCUT2D eigenvalue weighted by molar-refractivity contribution is 0.335. The van der Waals surface area contributed by atoms with E-state index in [2.05, 4.69) is 53.9 Å². The Kier molecular flexibility index (Phi) is 5.39. The second-order valence-electron chi connectivity index (χ2n) is 3.72. The monoisotopic (exact) mass is 319 g/mol. The van der Waals surface area contributed by atoms with Crippen LogP contribution in [0.25, 0.3) is 0 Å². The molecule has 0 atom stereocenters. The maximum absolute atomic E-state index is 5.58. The molecule has 0 fully saturated rings. The third kappa shape index (κ3) is 4.38. The van der Waals surface area contributed by atoms with Crippen LogP contribution in [0.15, 0.2) is 18.2 Å². The summed E-state index contributed by atoms with van der Waals surface area (Å²) in [6.07, 6.45) is 0. The summed E-state index contributed by atoms with van der Waals surface area (Å²) in [5.41, 5.74) is 1.23. The summed E-state index contributed by atoms with van der Waals surface area (Å²) < 4.78 is 6.83. The number of hydrogen-bond donors (Lipinski definition) is 1. The molecule has 0 saturated carbocycles. The van der Waals surface area contributed by atoms with Crippen LogP contribution in [0.4, 0.5) is 0 Å². The Bertz CT molecular complexity index is 312. The highest BCUT2D eigenvalue weighted by atomic mass is 127. The normalized spacial score (nSPS) is 10.7. The van der Waals surface area contributed by atoms with E-state index in [-0.39, 0.29) is 0 Å². The molecule has 3 heteroatoms. The van der Waals surface area contributed by atoms with Gasteiger partial charge in [0.25, 0.3) is 0 Å². The molecule has 0 saturated heterocycles. The summed E-state index contributed by atoms with van der Waals surface area (Å²) in [7, 11) is 0. The lowest BCUT2D eigenvalue weighted by atomic mass is 10.2. The lowest BCUT2D eigenvalue weighted by Gasteiger charge is -2.13. The van der Waals surface area contributed by atoms with Crippen molar-refractivity contribution in [3.8, 4) is 5.75 Å². The first kappa shape index (κ1) is 12.8. The van der Waals surface area contributed by atoms with Gasteiger partial charge in [0.1, 0.15) is 5.75 Å². The van der Waals surface area contributed by atoms with Crippen LogP contribution in [0.2, 0.25) is 0 Å². The van der Waals surface area contributed by atoms with E-state index in [9.17, 15) is 0 Å². The maximum Gasteiger partial charge on any atom is 0.123 e. The van der Waals surface area contributed by atoms with Gasteiger partial charge in [-0.3, -0.25) is 0 Å². The minimum absolute atomic E-state index is 0.498. The summed E-state index contributed by atoms with van der Waals surface area (Å²) in [5, 5.41) is 3.40. The van der Waals surface area contributed by atoms with Gasteiger partial charge in [-0.05, 0) is 47.7 Å². The molecule has 0 spiro atoms. The van der Waals surface area contributed by atoms with Crippen molar-refractivity contribution in [3.05, 3.63) is 27.3 Å². The van der Waals surface area contributed by atoms with Gasteiger partial charge in [0, 0.05) is 21.7 Å². The van der Waals surface area contributed by atoms with Crippen LogP contribution >= 0.6 is 22.6 Å². The zero-order chi connectivity index (χ0) is 11.3. The van der Waals surface area contributed by atoms with Gasteiger partial charge in [0.05, 0.1) is 6.61 Å². The summed E-state index contributed by atoms with van der Waals surface area (Å²) >= 11 is 2.32. The van der Waals surface area contributed by atoms with Crippen molar-refractivity contribution < 1.29 is 4.74 Å². The first-order valence-corrected chi connectivity index (χ1v) is 6.36. The Hall–Kier alpha value is -0.290. The van der Waals surface area contributed by atoms with Crippen LogP contribution < -0.4 is 10.1 Å². The molecule has 0 heterocycles. The third-order valence-electron chi connectivity index (χ3n) is 2.02. The van der Waals surface area contributed by atoms with Crippen molar-refractivity contribution in [2.45, 2.75) is 33.4 Å². The van der Waals surface area contributed by atoms with E-state index in [4.69, 9.17) is 4.74 Å². The van der Waals surface area contributed by atoms with Gasteiger partial charge in [-0.1, -0.05) is 13.8 Å². The van der Waals surface area contributed by atoms with E-state index in [1.54, 1.807) is 0 Å². The largest absolute Gasteiger partial charge is 0.494 e. The Morgan fingerprint density at radius 3 is 2.73 bits per heavy atom. The topological polar surface area (TPSA) is 21.3 Å².